The van der Waals surface area contributed by atoms with E-state index < -0.39 is 0 Å². The summed E-state index contributed by atoms with van der Waals surface area (Å²) in [5.41, 5.74) is 2.78. The Labute approximate surface area is 129 Å². The third-order valence-electron chi connectivity index (χ3n) is 3.83. The molecule has 22 heavy (non-hydrogen) atoms. The molecule has 0 saturated carbocycles. The molecule has 0 spiro atoms. The van der Waals surface area contributed by atoms with Gasteiger partial charge < -0.3 is 14.5 Å². The largest absolute Gasteiger partial charge is 0.351 e. The van der Waals surface area contributed by atoms with Gasteiger partial charge in [0.05, 0.1) is 12.0 Å². The third kappa shape index (κ3) is 2.88. The van der Waals surface area contributed by atoms with Gasteiger partial charge in [0.1, 0.15) is 5.69 Å². The van der Waals surface area contributed by atoms with E-state index in [9.17, 15) is 4.79 Å². The van der Waals surface area contributed by atoms with Gasteiger partial charge in [-0.05, 0) is 25.5 Å². The summed E-state index contributed by atoms with van der Waals surface area (Å²) >= 11 is 0. The van der Waals surface area contributed by atoms with Crippen LogP contribution in [0.1, 0.15) is 22.6 Å². The van der Waals surface area contributed by atoms with Gasteiger partial charge in [-0.1, -0.05) is 18.2 Å². The zero-order valence-electron chi connectivity index (χ0n) is 12.9. The fourth-order valence-electron chi connectivity index (χ4n) is 2.66. The van der Waals surface area contributed by atoms with Crippen molar-refractivity contribution < 1.29 is 4.79 Å². The number of aromatic nitrogens is 3. The highest BCUT2D eigenvalue weighted by Crippen LogP contribution is 2.18. The van der Waals surface area contributed by atoms with Crippen LogP contribution in [0.2, 0.25) is 0 Å². The lowest BCUT2D eigenvalue weighted by Gasteiger charge is -2.07. The average Bonchev–Trinajstić information content (AvgIpc) is 3.08. The van der Waals surface area contributed by atoms with Crippen molar-refractivity contribution in [1.29, 1.82) is 0 Å². The maximum atomic E-state index is 12.3. The zero-order valence-corrected chi connectivity index (χ0v) is 12.9. The molecule has 0 aliphatic heterocycles. The van der Waals surface area contributed by atoms with Gasteiger partial charge in [-0.25, -0.2) is 4.98 Å². The van der Waals surface area contributed by atoms with Crippen molar-refractivity contribution in [2.24, 2.45) is 7.05 Å². The molecule has 0 radical (unpaired) electrons. The molecule has 2 heterocycles. The summed E-state index contributed by atoms with van der Waals surface area (Å²) < 4.78 is 3.97. The summed E-state index contributed by atoms with van der Waals surface area (Å²) in [5, 5.41) is 4.07. The number of fused-ring (bicyclic) bond motifs is 1. The zero-order chi connectivity index (χ0) is 15.5. The summed E-state index contributed by atoms with van der Waals surface area (Å²) in [4.78, 5) is 16.5. The van der Waals surface area contributed by atoms with Crippen molar-refractivity contribution in [2.75, 3.05) is 6.54 Å². The first-order valence-corrected chi connectivity index (χ1v) is 7.46. The third-order valence-corrected chi connectivity index (χ3v) is 3.83. The van der Waals surface area contributed by atoms with Gasteiger partial charge in [-0.2, -0.15) is 0 Å². The Morgan fingerprint density at radius 1 is 1.32 bits per heavy atom. The molecule has 3 rings (SSSR count). The number of benzene rings is 1. The van der Waals surface area contributed by atoms with Gasteiger partial charge in [0, 0.05) is 37.2 Å². The normalized spacial score (nSPS) is 11.0. The van der Waals surface area contributed by atoms with Crippen LogP contribution in [-0.2, 0) is 13.6 Å². The lowest BCUT2D eigenvalue weighted by Crippen LogP contribution is -2.26. The predicted molar refractivity (Wildman–Crippen MR) is 86.8 cm³/mol. The Hall–Kier alpha value is -2.56. The molecule has 114 valence electrons. The van der Waals surface area contributed by atoms with Crippen LogP contribution in [0.4, 0.5) is 0 Å². The van der Waals surface area contributed by atoms with Gasteiger partial charge >= 0.3 is 0 Å². The Balaban J connectivity index is 1.58. The van der Waals surface area contributed by atoms with E-state index in [-0.39, 0.29) is 5.91 Å². The second kappa shape index (κ2) is 6.05. The van der Waals surface area contributed by atoms with Crippen molar-refractivity contribution in [2.45, 2.75) is 19.9 Å². The van der Waals surface area contributed by atoms with E-state index in [1.165, 1.54) is 0 Å². The summed E-state index contributed by atoms with van der Waals surface area (Å²) in [5.74, 6) is -0.0273. The van der Waals surface area contributed by atoms with E-state index in [4.69, 9.17) is 0 Å². The number of rotatable bonds is 5. The van der Waals surface area contributed by atoms with E-state index >= 15 is 0 Å². The highest BCUT2D eigenvalue weighted by Gasteiger charge is 2.12. The van der Waals surface area contributed by atoms with Crippen LogP contribution in [0.25, 0.3) is 10.9 Å². The number of carbonyl (C=O) groups excluding carboxylic acids is 1. The molecule has 0 unspecified atom stereocenters. The number of amides is 1. The van der Waals surface area contributed by atoms with Gasteiger partial charge in [0.25, 0.3) is 5.91 Å². The molecule has 0 atom stereocenters. The van der Waals surface area contributed by atoms with Crippen LogP contribution in [0.15, 0.2) is 42.9 Å². The lowest BCUT2D eigenvalue weighted by atomic mass is 10.2. The Bertz CT molecular complexity index is 800. The molecule has 1 N–H and O–H groups in total. The molecule has 0 aliphatic carbocycles. The lowest BCUT2D eigenvalue weighted by molar-refractivity contribution is 0.0945. The predicted octanol–water partition coefficient (Wildman–Crippen LogP) is 2.50. The fraction of sp³-hybridized carbons (Fsp3) is 0.294. The molecule has 5 nitrogen and oxygen atoms in total. The molecule has 5 heteroatoms. The molecule has 1 amide bonds. The number of hydrogen-bond donors (Lipinski definition) is 1. The van der Waals surface area contributed by atoms with Crippen LogP contribution >= 0.6 is 0 Å². The quantitative estimate of drug-likeness (QED) is 0.736. The van der Waals surface area contributed by atoms with E-state index in [1.54, 1.807) is 0 Å². The molecule has 0 fully saturated rings. The molecule has 3 aromatic rings. The van der Waals surface area contributed by atoms with Gasteiger partial charge in [0.2, 0.25) is 0 Å². The molecule has 0 aliphatic rings. The van der Waals surface area contributed by atoms with Crippen molar-refractivity contribution in [3.05, 3.63) is 54.2 Å². The highest BCUT2D eigenvalue weighted by atomic mass is 16.1. The highest BCUT2D eigenvalue weighted by molar-refractivity contribution is 5.98. The van der Waals surface area contributed by atoms with Gasteiger partial charge in [-0.3, -0.25) is 4.79 Å². The monoisotopic (exact) mass is 296 g/mol. The second-order valence-electron chi connectivity index (χ2n) is 5.51. The first kappa shape index (κ1) is 14.4. The molecular formula is C17H20N4O. The summed E-state index contributed by atoms with van der Waals surface area (Å²) in [6, 6.07) is 9.94. The van der Waals surface area contributed by atoms with E-state index in [0.29, 0.717) is 12.2 Å². The Kier molecular flexibility index (Phi) is 3.96. The maximum absolute atomic E-state index is 12.3. The standard InChI is InChI=1S/C17H20N4O/c1-13-11-21(12-19-13)9-5-8-18-17(22)16-10-14-6-3-4-7-15(14)20(16)2/h3-4,6-7,10-12H,5,8-9H2,1-2H3,(H,18,22). The fourth-order valence-corrected chi connectivity index (χ4v) is 2.66. The number of hydrogen-bond acceptors (Lipinski definition) is 2. The number of nitrogens with zero attached hydrogens (tertiary/aromatic N) is 3. The Morgan fingerprint density at radius 3 is 2.86 bits per heavy atom. The van der Waals surface area contributed by atoms with E-state index in [1.807, 2.05) is 66.0 Å². The minimum atomic E-state index is -0.0273. The molecule has 1 aromatic carbocycles. The number of aryl methyl sites for hydroxylation is 3. The molecule has 0 saturated heterocycles. The summed E-state index contributed by atoms with van der Waals surface area (Å²) in [7, 11) is 1.92. The van der Waals surface area contributed by atoms with Crippen LogP contribution in [0.5, 0.6) is 0 Å². The van der Waals surface area contributed by atoms with Crippen LogP contribution in [0.3, 0.4) is 0 Å². The smallest absolute Gasteiger partial charge is 0.267 e. The minimum Gasteiger partial charge on any atom is -0.351 e. The first-order valence-electron chi connectivity index (χ1n) is 7.46. The van der Waals surface area contributed by atoms with Crippen molar-refractivity contribution >= 4 is 16.8 Å². The maximum Gasteiger partial charge on any atom is 0.267 e. The second-order valence-corrected chi connectivity index (χ2v) is 5.51. The minimum absolute atomic E-state index is 0.0273. The van der Waals surface area contributed by atoms with Gasteiger partial charge in [0.15, 0.2) is 0 Å². The Morgan fingerprint density at radius 2 is 2.14 bits per heavy atom. The first-order chi connectivity index (χ1) is 10.6. The summed E-state index contributed by atoms with van der Waals surface area (Å²) in [6.45, 7) is 3.48. The van der Waals surface area contributed by atoms with Gasteiger partial charge in [-0.15, -0.1) is 0 Å². The number of carbonyl (C=O) groups is 1. The van der Waals surface area contributed by atoms with Crippen LogP contribution in [0, 0.1) is 6.92 Å². The molecular weight excluding hydrogens is 276 g/mol. The van der Waals surface area contributed by atoms with Crippen molar-refractivity contribution in [1.82, 2.24) is 19.4 Å². The van der Waals surface area contributed by atoms with Crippen LogP contribution in [-0.4, -0.2) is 26.6 Å². The number of imidazole rings is 1. The molecule has 0 bridgehead atoms. The topological polar surface area (TPSA) is 51.9 Å². The van der Waals surface area contributed by atoms with Crippen LogP contribution < -0.4 is 5.32 Å². The van der Waals surface area contributed by atoms with E-state index in [0.717, 1.165) is 29.6 Å². The number of nitrogens with one attached hydrogen (secondary N) is 1. The van der Waals surface area contributed by atoms with Crippen molar-refractivity contribution in [3.63, 3.8) is 0 Å². The summed E-state index contributed by atoms with van der Waals surface area (Å²) in [6.07, 6.45) is 4.71. The average molecular weight is 296 g/mol. The number of para-hydroxylation sites is 1. The SMILES string of the molecule is Cc1cn(CCCNC(=O)c2cc3ccccc3n2C)cn1. The van der Waals surface area contributed by atoms with Crippen molar-refractivity contribution in [3.8, 4) is 0 Å². The molecule has 2 aromatic heterocycles. The van der Waals surface area contributed by atoms with E-state index in [2.05, 4.69) is 10.3 Å².